The molecule has 1 fully saturated rings. The Morgan fingerprint density at radius 3 is 2.62 bits per heavy atom. The molecule has 1 heterocycles. The van der Waals surface area contributed by atoms with Crippen LogP contribution in [0.25, 0.3) is 0 Å². The first-order chi connectivity index (χ1) is 7.35. The first-order valence-electron chi connectivity index (χ1n) is 5.85. The zero-order chi connectivity index (χ0) is 12.3. The first-order valence-corrected chi connectivity index (χ1v) is 5.85. The number of ether oxygens (including phenoxy) is 1. The van der Waals surface area contributed by atoms with Crippen molar-refractivity contribution in [3.63, 3.8) is 0 Å². The Morgan fingerprint density at radius 1 is 1.50 bits per heavy atom. The van der Waals surface area contributed by atoms with Crippen molar-refractivity contribution in [2.24, 2.45) is 5.41 Å². The molecule has 0 bridgehead atoms. The third kappa shape index (κ3) is 3.46. The average molecular weight is 229 g/mol. The summed E-state index contributed by atoms with van der Waals surface area (Å²) >= 11 is 0. The van der Waals surface area contributed by atoms with Crippen LogP contribution in [-0.2, 0) is 9.53 Å². The third-order valence-corrected chi connectivity index (χ3v) is 2.82. The van der Waals surface area contributed by atoms with Crippen LogP contribution in [0, 0.1) is 5.41 Å². The molecule has 2 atom stereocenters. The van der Waals surface area contributed by atoms with E-state index in [1.807, 2.05) is 4.90 Å². The van der Waals surface area contributed by atoms with Crippen molar-refractivity contribution in [3.05, 3.63) is 0 Å². The third-order valence-electron chi connectivity index (χ3n) is 2.82. The number of aliphatic hydroxyl groups excluding tert-OH is 1. The number of hydrogen-bond acceptors (Lipinski definition) is 4. The maximum Gasteiger partial charge on any atom is 0.325 e. The van der Waals surface area contributed by atoms with Gasteiger partial charge in [-0.05, 0) is 24.8 Å². The van der Waals surface area contributed by atoms with E-state index < -0.39 is 12.1 Å². The summed E-state index contributed by atoms with van der Waals surface area (Å²) in [4.78, 5) is 13.7. The molecule has 0 radical (unpaired) electrons. The van der Waals surface area contributed by atoms with E-state index >= 15 is 0 Å². The molecule has 0 aromatic rings. The maximum absolute atomic E-state index is 11.6. The van der Waals surface area contributed by atoms with Gasteiger partial charge in [0.2, 0.25) is 0 Å². The summed E-state index contributed by atoms with van der Waals surface area (Å²) in [6, 6.07) is -0.488. The van der Waals surface area contributed by atoms with Gasteiger partial charge in [0, 0.05) is 6.54 Å². The van der Waals surface area contributed by atoms with E-state index in [1.54, 1.807) is 0 Å². The van der Waals surface area contributed by atoms with E-state index in [9.17, 15) is 9.90 Å². The molecule has 0 unspecified atom stereocenters. The molecule has 0 amide bonds. The molecule has 1 rings (SSSR count). The minimum Gasteiger partial charge on any atom is -0.468 e. The molecular weight excluding hydrogens is 206 g/mol. The summed E-state index contributed by atoms with van der Waals surface area (Å²) in [5.41, 5.74) is 0.114. The highest BCUT2D eigenvalue weighted by molar-refractivity contribution is 5.76. The predicted octanol–water partition coefficient (Wildman–Crippen LogP) is 1.03. The van der Waals surface area contributed by atoms with Crippen LogP contribution in [0.4, 0.5) is 0 Å². The largest absolute Gasteiger partial charge is 0.468 e. The Hall–Kier alpha value is -0.610. The Balaban J connectivity index is 2.74. The van der Waals surface area contributed by atoms with Gasteiger partial charge in [-0.2, -0.15) is 0 Å². The number of methoxy groups -OCH3 is 1. The summed E-state index contributed by atoms with van der Waals surface area (Å²) in [7, 11) is 1.37. The second kappa shape index (κ2) is 5.15. The normalized spacial score (nSPS) is 27.8. The van der Waals surface area contributed by atoms with Gasteiger partial charge in [0.15, 0.2) is 0 Å². The lowest BCUT2D eigenvalue weighted by Crippen LogP contribution is -2.55. The van der Waals surface area contributed by atoms with Crippen molar-refractivity contribution in [1.82, 2.24) is 4.90 Å². The minimum absolute atomic E-state index is 0.114. The summed E-state index contributed by atoms with van der Waals surface area (Å²) in [6.45, 7) is 8.03. The van der Waals surface area contributed by atoms with Crippen LogP contribution in [0.1, 0.15) is 33.6 Å². The summed E-state index contributed by atoms with van der Waals surface area (Å²) in [6.07, 6.45) is 1.02. The molecule has 0 saturated carbocycles. The molecule has 0 aromatic carbocycles. The molecule has 0 aromatic heterocycles. The fourth-order valence-corrected chi connectivity index (χ4v) is 2.26. The smallest absolute Gasteiger partial charge is 0.325 e. The van der Waals surface area contributed by atoms with Gasteiger partial charge in [-0.1, -0.05) is 20.8 Å². The van der Waals surface area contributed by atoms with Gasteiger partial charge in [-0.25, -0.2) is 0 Å². The first kappa shape index (κ1) is 13.5. The van der Waals surface area contributed by atoms with Crippen LogP contribution in [0.5, 0.6) is 0 Å². The van der Waals surface area contributed by atoms with E-state index in [4.69, 9.17) is 4.74 Å². The van der Waals surface area contributed by atoms with Crippen molar-refractivity contribution >= 4 is 5.97 Å². The van der Waals surface area contributed by atoms with Gasteiger partial charge in [-0.3, -0.25) is 9.69 Å². The Labute approximate surface area is 97.6 Å². The van der Waals surface area contributed by atoms with E-state index in [2.05, 4.69) is 20.8 Å². The predicted molar refractivity (Wildman–Crippen MR) is 62.1 cm³/mol. The van der Waals surface area contributed by atoms with E-state index in [0.29, 0.717) is 6.42 Å². The van der Waals surface area contributed by atoms with Gasteiger partial charge in [0.1, 0.15) is 6.04 Å². The van der Waals surface area contributed by atoms with Gasteiger partial charge < -0.3 is 9.84 Å². The second-order valence-corrected chi connectivity index (χ2v) is 5.71. The molecule has 1 aliphatic rings. The molecule has 0 aliphatic carbocycles. The monoisotopic (exact) mass is 229 g/mol. The summed E-state index contributed by atoms with van der Waals surface area (Å²) in [5.74, 6) is -0.323. The zero-order valence-corrected chi connectivity index (χ0v) is 10.7. The van der Waals surface area contributed by atoms with Gasteiger partial charge >= 0.3 is 5.97 Å². The Morgan fingerprint density at radius 2 is 2.12 bits per heavy atom. The molecule has 4 nitrogen and oxygen atoms in total. The molecule has 1 N–H and O–H groups in total. The van der Waals surface area contributed by atoms with Crippen molar-refractivity contribution in [2.75, 3.05) is 20.2 Å². The number of carbonyl (C=O) groups excluding carboxylic acids is 1. The molecule has 0 spiro atoms. The number of hydrogen-bond donors (Lipinski definition) is 1. The molecule has 94 valence electrons. The maximum atomic E-state index is 11.6. The SMILES string of the molecule is COC(=O)[C@H]1[C@@H](O)CCCN1CC(C)(C)C. The van der Waals surface area contributed by atoms with Crippen molar-refractivity contribution < 1.29 is 14.6 Å². The summed E-state index contributed by atoms with van der Waals surface area (Å²) < 4.78 is 4.76. The van der Waals surface area contributed by atoms with Crippen LogP contribution in [0.2, 0.25) is 0 Å². The number of nitrogens with zero attached hydrogens (tertiary/aromatic N) is 1. The number of carbonyl (C=O) groups is 1. The van der Waals surface area contributed by atoms with Gasteiger partial charge in [-0.15, -0.1) is 0 Å². The highest BCUT2D eigenvalue weighted by atomic mass is 16.5. The lowest BCUT2D eigenvalue weighted by molar-refractivity contribution is -0.154. The number of esters is 1. The van der Waals surface area contributed by atoms with Crippen molar-refractivity contribution in [2.45, 2.75) is 45.8 Å². The highest BCUT2D eigenvalue weighted by Gasteiger charge is 2.37. The van der Waals surface area contributed by atoms with Crippen LogP contribution >= 0.6 is 0 Å². The number of likely N-dealkylation sites (tertiary alicyclic amines) is 1. The minimum atomic E-state index is -0.594. The lowest BCUT2D eigenvalue weighted by Gasteiger charge is -2.40. The quantitative estimate of drug-likeness (QED) is 0.719. The van der Waals surface area contributed by atoms with E-state index in [-0.39, 0.29) is 11.4 Å². The van der Waals surface area contributed by atoms with E-state index in [1.165, 1.54) is 7.11 Å². The summed E-state index contributed by atoms with van der Waals surface area (Å²) in [5, 5.41) is 9.90. The standard InChI is InChI=1S/C12H23NO3/c1-12(2,3)8-13-7-5-6-9(14)10(13)11(15)16-4/h9-10,14H,5-8H2,1-4H3/t9-,10+/m0/s1. The molecular formula is C12H23NO3. The fourth-order valence-electron chi connectivity index (χ4n) is 2.26. The second-order valence-electron chi connectivity index (χ2n) is 5.71. The Kier molecular flexibility index (Phi) is 4.33. The number of aliphatic hydroxyl groups is 1. The number of rotatable bonds is 2. The van der Waals surface area contributed by atoms with Crippen LogP contribution in [0.3, 0.4) is 0 Å². The molecule has 1 aliphatic heterocycles. The van der Waals surface area contributed by atoms with Crippen molar-refractivity contribution in [3.8, 4) is 0 Å². The van der Waals surface area contributed by atoms with Gasteiger partial charge in [0.05, 0.1) is 13.2 Å². The molecule has 16 heavy (non-hydrogen) atoms. The van der Waals surface area contributed by atoms with Crippen LogP contribution in [-0.4, -0.2) is 48.3 Å². The number of piperidine rings is 1. The Bertz CT molecular complexity index is 247. The topological polar surface area (TPSA) is 49.8 Å². The van der Waals surface area contributed by atoms with Crippen LogP contribution in [0.15, 0.2) is 0 Å². The molecule has 4 heteroatoms. The molecule has 1 saturated heterocycles. The van der Waals surface area contributed by atoms with E-state index in [0.717, 1.165) is 19.5 Å². The average Bonchev–Trinajstić information content (AvgIpc) is 2.14. The van der Waals surface area contributed by atoms with Crippen molar-refractivity contribution in [1.29, 1.82) is 0 Å². The zero-order valence-electron chi connectivity index (χ0n) is 10.7. The lowest BCUT2D eigenvalue weighted by atomic mass is 9.91. The highest BCUT2D eigenvalue weighted by Crippen LogP contribution is 2.24. The van der Waals surface area contributed by atoms with Crippen LogP contribution < -0.4 is 0 Å². The fraction of sp³-hybridized carbons (Fsp3) is 0.917. The van der Waals surface area contributed by atoms with Gasteiger partial charge in [0.25, 0.3) is 0 Å².